The van der Waals surface area contributed by atoms with Gasteiger partial charge in [-0.05, 0) is 34.7 Å². The summed E-state index contributed by atoms with van der Waals surface area (Å²) in [4.78, 5) is 8.52. The molecule has 1 saturated heterocycles. The van der Waals surface area contributed by atoms with Crippen LogP contribution in [0.2, 0.25) is 0 Å². The highest BCUT2D eigenvalue weighted by atomic mass is 19.4. The van der Waals surface area contributed by atoms with Gasteiger partial charge in [-0.25, -0.2) is 0 Å². The van der Waals surface area contributed by atoms with Crippen molar-refractivity contribution in [2.45, 2.75) is 12.7 Å². The molecule has 31 heavy (non-hydrogen) atoms. The van der Waals surface area contributed by atoms with Crippen molar-refractivity contribution in [2.24, 2.45) is 0 Å². The molecule has 3 aromatic heterocycles. The lowest BCUT2D eigenvalue weighted by molar-refractivity contribution is -0.137. The summed E-state index contributed by atoms with van der Waals surface area (Å²) in [7, 11) is 0. The third-order valence-electron chi connectivity index (χ3n) is 5.03. The standard InChI is InChI=1S/C18H16F3N9O/c19-18(20,21)13-3-1-2-12(10-13)17-22-16(31-25-17)11-28-6-8-29(9-7-28)15-5-4-14-23-26-27-30(14)24-15/h1-5,10H,6-9,11H2. The van der Waals surface area contributed by atoms with Gasteiger partial charge in [-0.3, -0.25) is 4.90 Å². The minimum atomic E-state index is -4.42. The summed E-state index contributed by atoms with van der Waals surface area (Å²) in [6.07, 6.45) is -4.42. The Morgan fingerprint density at radius 2 is 1.87 bits per heavy atom. The molecule has 0 unspecified atom stereocenters. The molecule has 1 fully saturated rings. The van der Waals surface area contributed by atoms with Crippen molar-refractivity contribution < 1.29 is 17.7 Å². The molecule has 13 heteroatoms. The summed E-state index contributed by atoms with van der Waals surface area (Å²) >= 11 is 0. The van der Waals surface area contributed by atoms with Crippen molar-refractivity contribution in [3.8, 4) is 11.4 Å². The van der Waals surface area contributed by atoms with Gasteiger partial charge in [-0.1, -0.05) is 17.3 Å². The number of alkyl halides is 3. The smallest absolute Gasteiger partial charge is 0.353 e. The van der Waals surface area contributed by atoms with Gasteiger partial charge >= 0.3 is 6.18 Å². The van der Waals surface area contributed by atoms with E-state index in [1.807, 2.05) is 12.1 Å². The highest BCUT2D eigenvalue weighted by Crippen LogP contribution is 2.31. The molecule has 0 bridgehead atoms. The van der Waals surface area contributed by atoms with Gasteiger partial charge in [0.1, 0.15) is 0 Å². The topological polar surface area (TPSA) is 101 Å². The second-order valence-electron chi connectivity index (χ2n) is 7.07. The van der Waals surface area contributed by atoms with Crippen molar-refractivity contribution in [2.75, 3.05) is 31.1 Å². The molecular formula is C18H16F3N9O. The van der Waals surface area contributed by atoms with Crippen LogP contribution in [0, 0.1) is 0 Å². The minimum absolute atomic E-state index is 0.138. The number of fused-ring (bicyclic) bond motifs is 1. The summed E-state index contributed by atoms with van der Waals surface area (Å²) in [5.41, 5.74) is 0.0926. The van der Waals surface area contributed by atoms with Crippen LogP contribution >= 0.6 is 0 Å². The zero-order chi connectivity index (χ0) is 21.4. The average molecular weight is 431 g/mol. The van der Waals surface area contributed by atoms with E-state index < -0.39 is 11.7 Å². The molecule has 1 aliphatic rings. The lowest BCUT2D eigenvalue weighted by atomic mass is 10.1. The molecule has 0 saturated carbocycles. The van der Waals surface area contributed by atoms with Crippen molar-refractivity contribution in [3.05, 3.63) is 47.9 Å². The van der Waals surface area contributed by atoms with E-state index in [2.05, 4.69) is 40.6 Å². The van der Waals surface area contributed by atoms with Gasteiger partial charge in [0, 0.05) is 31.7 Å². The Hall–Kier alpha value is -3.61. The number of rotatable bonds is 4. The average Bonchev–Trinajstić information content (AvgIpc) is 3.43. The summed E-state index contributed by atoms with van der Waals surface area (Å²) in [5.74, 6) is 1.27. The lowest BCUT2D eigenvalue weighted by Crippen LogP contribution is -2.46. The van der Waals surface area contributed by atoms with Gasteiger partial charge in [0.2, 0.25) is 11.7 Å². The molecule has 0 amide bonds. The Balaban J connectivity index is 1.22. The Bertz CT molecular complexity index is 1200. The minimum Gasteiger partial charge on any atom is -0.353 e. The molecule has 0 atom stereocenters. The van der Waals surface area contributed by atoms with Crippen LogP contribution in [0.25, 0.3) is 17.0 Å². The van der Waals surface area contributed by atoms with Crippen LogP contribution in [0.5, 0.6) is 0 Å². The number of hydrogen-bond acceptors (Lipinski definition) is 9. The first-order valence-electron chi connectivity index (χ1n) is 9.49. The third-order valence-corrected chi connectivity index (χ3v) is 5.03. The first-order valence-corrected chi connectivity index (χ1v) is 9.49. The van der Waals surface area contributed by atoms with E-state index in [-0.39, 0.29) is 11.4 Å². The third kappa shape index (κ3) is 4.03. The van der Waals surface area contributed by atoms with Gasteiger partial charge in [-0.2, -0.15) is 18.2 Å². The molecule has 0 spiro atoms. The zero-order valence-electron chi connectivity index (χ0n) is 16.1. The van der Waals surface area contributed by atoms with E-state index in [9.17, 15) is 13.2 Å². The van der Waals surface area contributed by atoms with Crippen LogP contribution in [-0.2, 0) is 12.7 Å². The summed E-state index contributed by atoms with van der Waals surface area (Å²) in [6, 6.07) is 8.56. The molecule has 1 aliphatic heterocycles. The normalized spacial score (nSPS) is 15.6. The number of anilines is 1. The number of hydrogen-bond donors (Lipinski definition) is 0. The predicted octanol–water partition coefficient (Wildman–Crippen LogP) is 1.91. The van der Waals surface area contributed by atoms with E-state index in [4.69, 9.17) is 4.52 Å². The first kappa shape index (κ1) is 19.4. The fourth-order valence-electron chi connectivity index (χ4n) is 3.41. The number of benzene rings is 1. The van der Waals surface area contributed by atoms with Gasteiger partial charge < -0.3 is 9.42 Å². The van der Waals surface area contributed by atoms with Crippen LogP contribution in [0.15, 0.2) is 40.9 Å². The number of piperazine rings is 1. The second-order valence-corrected chi connectivity index (χ2v) is 7.07. The zero-order valence-corrected chi connectivity index (χ0v) is 16.1. The van der Waals surface area contributed by atoms with Crippen molar-refractivity contribution in [1.82, 2.24) is 40.3 Å². The van der Waals surface area contributed by atoms with Gasteiger partial charge in [0.15, 0.2) is 11.5 Å². The number of aromatic nitrogens is 7. The molecule has 0 radical (unpaired) electrons. The van der Waals surface area contributed by atoms with E-state index in [0.29, 0.717) is 18.1 Å². The molecular weight excluding hydrogens is 415 g/mol. The lowest BCUT2D eigenvalue weighted by Gasteiger charge is -2.34. The Labute approximate surface area is 173 Å². The fraction of sp³-hybridized carbons (Fsp3) is 0.333. The van der Waals surface area contributed by atoms with Gasteiger partial charge in [0.05, 0.1) is 12.1 Å². The van der Waals surface area contributed by atoms with Crippen molar-refractivity contribution in [3.63, 3.8) is 0 Å². The Kier molecular flexibility index (Phi) is 4.73. The van der Waals surface area contributed by atoms with Gasteiger partial charge in [-0.15, -0.1) is 14.8 Å². The largest absolute Gasteiger partial charge is 0.416 e. The maximum Gasteiger partial charge on any atom is 0.416 e. The number of halogens is 3. The van der Waals surface area contributed by atoms with E-state index in [1.165, 1.54) is 16.8 Å². The molecule has 5 rings (SSSR count). The molecule has 4 heterocycles. The highest BCUT2D eigenvalue weighted by molar-refractivity contribution is 5.55. The summed E-state index contributed by atoms with van der Waals surface area (Å²) in [6.45, 7) is 3.34. The van der Waals surface area contributed by atoms with Crippen molar-refractivity contribution in [1.29, 1.82) is 0 Å². The summed E-state index contributed by atoms with van der Waals surface area (Å²) in [5, 5.41) is 19.5. The number of nitrogens with zero attached hydrogens (tertiary/aromatic N) is 9. The monoisotopic (exact) mass is 431 g/mol. The van der Waals surface area contributed by atoms with E-state index in [0.717, 1.165) is 44.1 Å². The van der Waals surface area contributed by atoms with Crippen LogP contribution in [0.4, 0.5) is 19.0 Å². The maximum atomic E-state index is 12.9. The molecule has 0 N–H and O–H groups in total. The molecule has 160 valence electrons. The van der Waals surface area contributed by atoms with Crippen molar-refractivity contribution >= 4 is 11.5 Å². The van der Waals surface area contributed by atoms with Gasteiger partial charge in [0.25, 0.3) is 0 Å². The first-order chi connectivity index (χ1) is 15.0. The molecule has 1 aromatic carbocycles. The molecule has 10 nitrogen and oxygen atoms in total. The second kappa shape index (κ2) is 7.58. The van der Waals surface area contributed by atoms with E-state index in [1.54, 1.807) is 0 Å². The fourth-order valence-corrected chi connectivity index (χ4v) is 3.41. The predicted molar refractivity (Wildman–Crippen MR) is 101 cm³/mol. The van der Waals surface area contributed by atoms with Crippen LogP contribution in [0.3, 0.4) is 0 Å². The molecule has 4 aromatic rings. The van der Waals surface area contributed by atoms with Crippen LogP contribution < -0.4 is 4.90 Å². The summed E-state index contributed by atoms with van der Waals surface area (Å²) < 4.78 is 45.4. The highest BCUT2D eigenvalue weighted by Gasteiger charge is 2.31. The Morgan fingerprint density at radius 3 is 2.68 bits per heavy atom. The number of tetrazole rings is 1. The van der Waals surface area contributed by atoms with Crippen LogP contribution in [0.1, 0.15) is 11.5 Å². The Morgan fingerprint density at radius 1 is 1.03 bits per heavy atom. The quantitative estimate of drug-likeness (QED) is 0.479. The van der Waals surface area contributed by atoms with Crippen LogP contribution in [-0.4, -0.2) is 66.5 Å². The SMILES string of the molecule is FC(F)(F)c1cccc(-c2noc(CN3CCN(c4ccc5nnnn5n4)CC3)n2)c1. The maximum absolute atomic E-state index is 12.9. The molecule has 0 aliphatic carbocycles. The van der Waals surface area contributed by atoms with E-state index >= 15 is 0 Å².